The van der Waals surface area contributed by atoms with Crippen molar-refractivity contribution in [3.63, 3.8) is 0 Å². The molecule has 0 bridgehead atoms. The van der Waals surface area contributed by atoms with Crippen molar-refractivity contribution in [3.8, 4) is 0 Å². The zero-order chi connectivity index (χ0) is 13.1. The van der Waals surface area contributed by atoms with Crippen molar-refractivity contribution in [2.75, 3.05) is 0 Å². The molecule has 1 aliphatic rings. The third-order valence-corrected chi connectivity index (χ3v) is 3.99. The van der Waals surface area contributed by atoms with Gasteiger partial charge < -0.3 is 5.73 Å². The number of nitrogens with two attached hydrogens (primary N) is 1. The number of benzene rings is 1. The van der Waals surface area contributed by atoms with Gasteiger partial charge in [-0.2, -0.15) is 0 Å². The van der Waals surface area contributed by atoms with Crippen LogP contribution in [-0.2, 0) is 11.2 Å². The van der Waals surface area contributed by atoms with E-state index in [9.17, 15) is 9.18 Å². The summed E-state index contributed by atoms with van der Waals surface area (Å²) in [6.45, 7) is 0. The predicted octanol–water partition coefficient (Wildman–Crippen LogP) is 3.11. The van der Waals surface area contributed by atoms with Crippen LogP contribution < -0.4 is 5.73 Å². The van der Waals surface area contributed by atoms with Gasteiger partial charge >= 0.3 is 0 Å². The Morgan fingerprint density at radius 2 is 2.00 bits per heavy atom. The van der Waals surface area contributed by atoms with Crippen LogP contribution in [0, 0.1) is 11.7 Å². The number of hydrogen-bond acceptors (Lipinski definition) is 2. The Hall–Kier alpha value is -0.930. The first-order valence-electron chi connectivity index (χ1n) is 6.29. The molecular formula is C14H17ClFNO. The fraction of sp³-hybridized carbons (Fsp3) is 0.500. The number of halogens is 2. The van der Waals surface area contributed by atoms with Crippen LogP contribution in [0.1, 0.15) is 31.2 Å². The van der Waals surface area contributed by atoms with Crippen LogP contribution in [0.3, 0.4) is 0 Å². The Morgan fingerprint density at radius 1 is 1.33 bits per heavy atom. The second kappa shape index (κ2) is 5.81. The van der Waals surface area contributed by atoms with Gasteiger partial charge in [0.1, 0.15) is 11.6 Å². The van der Waals surface area contributed by atoms with Crippen molar-refractivity contribution in [2.24, 2.45) is 11.7 Å². The molecule has 0 aromatic heterocycles. The maximum Gasteiger partial charge on any atom is 0.140 e. The van der Waals surface area contributed by atoms with Crippen molar-refractivity contribution in [3.05, 3.63) is 34.6 Å². The monoisotopic (exact) mass is 269 g/mol. The fourth-order valence-electron chi connectivity index (χ4n) is 2.46. The van der Waals surface area contributed by atoms with Gasteiger partial charge in [0.05, 0.1) is 0 Å². The highest BCUT2D eigenvalue weighted by atomic mass is 35.5. The Labute approximate surface area is 111 Å². The summed E-state index contributed by atoms with van der Waals surface area (Å²) < 4.78 is 13.6. The van der Waals surface area contributed by atoms with E-state index in [0.717, 1.165) is 25.7 Å². The van der Waals surface area contributed by atoms with Crippen LogP contribution in [0.5, 0.6) is 0 Å². The van der Waals surface area contributed by atoms with E-state index in [1.54, 1.807) is 12.1 Å². The SMILES string of the molecule is NC1CCC(C(=O)Cc2c(F)cccc2Cl)CC1. The summed E-state index contributed by atoms with van der Waals surface area (Å²) in [6.07, 6.45) is 3.46. The van der Waals surface area contributed by atoms with Crippen LogP contribution in [0.4, 0.5) is 4.39 Å². The molecule has 2 N–H and O–H groups in total. The van der Waals surface area contributed by atoms with E-state index in [0.29, 0.717) is 10.6 Å². The summed E-state index contributed by atoms with van der Waals surface area (Å²) in [7, 11) is 0. The molecule has 0 radical (unpaired) electrons. The Kier molecular flexibility index (Phi) is 4.36. The largest absolute Gasteiger partial charge is 0.328 e. The van der Waals surface area contributed by atoms with Gasteiger partial charge in [-0.1, -0.05) is 17.7 Å². The van der Waals surface area contributed by atoms with Gasteiger partial charge in [-0.25, -0.2) is 4.39 Å². The van der Waals surface area contributed by atoms with E-state index in [-0.39, 0.29) is 24.2 Å². The first-order chi connectivity index (χ1) is 8.58. The molecule has 1 aromatic carbocycles. The molecular weight excluding hydrogens is 253 g/mol. The summed E-state index contributed by atoms with van der Waals surface area (Å²) in [5.74, 6) is -0.308. The minimum Gasteiger partial charge on any atom is -0.328 e. The molecule has 1 aromatic rings. The molecule has 1 aliphatic carbocycles. The Morgan fingerprint density at radius 3 is 2.61 bits per heavy atom. The fourth-order valence-corrected chi connectivity index (χ4v) is 2.69. The molecule has 1 fully saturated rings. The zero-order valence-electron chi connectivity index (χ0n) is 10.2. The van der Waals surface area contributed by atoms with E-state index in [1.807, 2.05) is 0 Å². The minimum atomic E-state index is -0.400. The Balaban J connectivity index is 2.03. The van der Waals surface area contributed by atoms with Crippen LogP contribution >= 0.6 is 11.6 Å². The standard InChI is InChI=1S/C14H17ClFNO/c15-12-2-1-3-13(16)11(12)8-14(18)9-4-6-10(17)7-5-9/h1-3,9-10H,4-8,17H2. The molecule has 0 spiro atoms. The summed E-state index contributed by atoms with van der Waals surface area (Å²) in [5.41, 5.74) is 6.12. The smallest absolute Gasteiger partial charge is 0.140 e. The Bertz CT molecular complexity index is 421. The summed E-state index contributed by atoms with van der Waals surface area (Å²) >= 11 is 5.92. The molecule has 2 nitrogen and oxygen atoms in total. The first-order valence-corrected chi connectivity index (χ1v) is 6.67. The molecule has 0 atom stereocenters. The second-order valence-electron chi connectivity index (χ2n) is 4.96. The van der Waals surface area contributed by atoms with E-state index >= 15 is 0 Å². The van der Waals surface area contributed by atoms with Crippen molar-refractivity contribution in [2.45, 2.75) is 38.1 Å². The molecule has 18 heavy (non-hydrogen) atoms. The number of Topliss-reactive ketones (excluding diaryl/α,β-unsaturated/α-hetero) is 1. The highest BCUT2D eigenvalue weighted by Gasteiger charge is 2.25. The molecule has 0 saturated heterocycles. The van der Waals surface area contributed by atoms with Crippen LogP contribution in [-0.4, -0.2) is 11.8 Å². The molecule has 1 saturated carbocycles. The van der Waals surface area contributed by atoms with Gasteiger partial charge in [0, 0.05) is 29.0 Å². The zero-order valence-corrected chi connectivity index (χ0v) is 10.9. The molecule has 0 aliphatic heterocycles. The lowest BCUT2D eigenvalue weighted by molar-refractivity contribution is -0.123. The van der Waals surface area contributed by atoms with Crippen LogP contribution in [0.2, 0.25) is 5.02 Å². The van der Waals surface area contributed by atoms with Gasteiger partial charge in [-0.15, -0.1) is 0 Å². The molecule has 0 amide bonds. The summed E-state index contributed by atoms with van der Waals surface area (Å²) in [6, 6.07) is 4.71. The highest BCUT2D eigenvalue weighted by molar-refractivity contribution is 6.31. The van der Waals surface area contributed by atoms with Gasteiger partial charge in [0.15, 0.2) is 0 Å². The van der Waals surface area contributed by atoms with E-state index in [2.05, 4.69) is 0 Å². The summed E-state index contributed by atoms with van der Waals surface area (Å²) in [5, 5.41) is 0.330. The molecule has 0 unspecified atom stereocenters. The summed E-state index contributed by atoms with van der Waals surface area (Å²) in [4.78, 5) is 12.1. The van der Waals surface area contributed by atoms with Gasteiger partial charge in [0.25, 0.3) is 0 Å². The van der Waals surface area contributed by atoms with E-state index < -0.39 is 5.82 Å². The second-order valence-corrected chi connectivity index (χ2v) is 5.36. The lowest BCUT2D eigenvalue weighted by Gasteiger charge is -2.25. The first kappa shape index (κ1) is 13.5. The van der Waals surface area contributed by atoms with Gasteiger partial charge in [-0.05, 0) is 37.8 Å². The third-order valence-electron chi connectivity index (χ3n) is 3.64. The number of ketones is 1. The highest BCUT2D eigenvalue weighted by Crippen LogP contribution is 2.27. The maximum atomic E-state index is 13.6. The quantitative estimate of drug-likeness (QED) is 0.916. The van der Waals surface area contributed by atoms with Crippen molar-refractivity contribution >= 4 is 17.4 Å². The average Bonchev–Trinajstić information content (AvgIpc) is 2.34. The number of carbonyl (C=O) groups is 1. The lowest BCUT2D eigenvalue weighted by Crippen LogP contribution is -2.30. The number of carbonyl (C=O) groups excluding carboxylic acids is 1. The topological polar surface area (TPSA) is 43.1 Å². The van der Waals surface area contributed by atoms with E-state index in [1.165, 1.54) is 6.07 Å². The van der Waals surface area contributed by atoms with Crippen molar-refractivity contribution in [1.82, 2.24) is 0 Å². The number of rotatable bonds is 3. The van der Waals surface area contributed by atoms with Crippen molar-refractivity contribution in [1.29, 1.82) is 0 Å². The molecule has 0 heterocycles. The molecule has 4 heteroatoms. The van der Waals surface area contributed by atoms with Gasteiger partial charge in [0.2, 0.25) is 0 Å². The van der Waals surface area contributed by atoms with Crippen LogP contribution in [0.25, 0.3) is 0 Å². The lowest BCUT2D eigenvalue weighted by atomic mass is 9.82. The molecule has 98 valence electrons. The van der Waals surface area contributed by atoms with Crippen LogP contribution in [0.15, 0.2) is 18.2 Å². The average molecular weight is 270 g/mol. The van der Waals surface area contributed by atoms with Gasteiger partial charge in [-0.3, -0.25) is 4.79 Å². The normalized spacial score (nSPS) is 23.9. The molecule has 2 rings (SSSR count). The third kappa shape index (κ3) is 3.09. The number of hydrogen-bond donors (Lipinski definition) is 1. The maximum absolute atomic E-state index is 13.6. The minimum absolute atomic E-state index is 0.0143. The van der Waals surface area contributed by atoms with Crippen molar-refractivity contribution < 1.29 is 9.18 Å². The predicted molar refractivity (Wildman–Crippen MR) is 70.1 cm³/mol. The van der Waals surface area contributed by atoms with E-state index in [4.69, 9.17) is 17.3 Å².